The summed E-state index contributed by atoms with van der Waals surface area (Å²) in [5.74, 6) is 0.762. The summed E-state index contributed by atoms with van der Waals surface area (Å²) in [6, 6.07) is 18.1. The molecule has 0 saturated carbocycles. The zero-order valence-electron chi connectivity index (χ0n) is 14.7. The summed E-state index contributed by atoms with van der Waals surface area (Å²) in [6.45, 7) is 1.43. The molecule has 0 unspecified atom stereocenters. The molecule has 6 heteroatoms. The molecule has 0 saturated heterocycles. The van der Waals surface area contributed by atoms with Gasteiger partial charge in [0, 0.05) is 37.6 Å². The molecule has 0 fully saturated rings. The standard InChI is InChI=1S/C20H22ClN5/c1-22-20(24-15-17-5-2-3-6-19(17)21)23-13-11-16-7-9-18(10-8-16)26-14-4-12-25-26/h2-10,12,14H,11,13,15H2,1H3,(H2,22,23,24). The molecule has 0 spiro atoms. The van der Waals surface area contributed by atoms with Gasteiger partial charge in [-0.15, -0.1) is 0 Å². The maximum Gasteiger partial charge on any atom is 0.191 e. The third kappa shape index (κ3) is 4.86. The van der Waals surface area contributed by atoms with E-state index >= 15 is 0 Å². The van der Waals surface area contributed by atoms with E-state index in [4.69, 9.17) is 11.6 Å². The van der Waals surface area contributed by atoms with Crippen molar-refractivity contribution in [1.82, 2.24) is 20.4 Å². The van der Waals surface area contributed by atoms with Crippen molar-refractivity contribution in [3.05, 3.63) is 83.1 Å². The molecule has 0 bridgehead atoms. The Morgan fingerprint density at radius 3 is 2.58 bits per heavy atom. The van der Waals surface area contributed by atoms with Crippen LogP contribution in [0.5, 0.6) is 0 Å². The number of hydrogen-bond acceptors (Lipinski definition) is 2. The van der Waals surface area contributed by atoms with Crippen LogP contribution in [0.15, 0.2) is 72.0 Å². The highest BCUT2D eigenvalue weighted by atomic mass is 35.5. The summed E-state index contributed by atoms with van der Waals surface area (Å²) < 4.78 is 1.85. The van der Waals surface area contributed by atoms with Gasteiger partial charge in [-0.1, -0.05) is 41.9 Å². The van der Waals surface area contributed by atoms with Crippen LogP contribution < -0.4 is 10.6 Å². The average molecular weight is 368 g/mol. The Hall–Kier alpha value is -2.79. The van der Waals surface area contributed by atoms with Gasteiger partial charge in [0.2, 0.25) is 0 Å². The molecular formula is C20H22ClN5. The fourth-order valence-electron chi connectivity index (χ4n) is 2.60. The van der Waals surface area contributed by atoms with Gasteiger partial charge in [0.25, 0.3) is 0 Å². The van der Waals surface area contributed by atoms with Crippen LogP contribution in [0, 0.1) is 0 Å². The molecule has 0 amide bonds. The van der Waals surface area contributed by atoms with Crippen molar-refractivity contribution in [2.24, 2.45) is 4.99 Å². The van der Waals surface area contributed by atoms with Crippen molar-refractivity contribution in [3.63, 3.8) is 0 Å². The summed E-state index contributed by atoms with van der Waals surface area (Å²) in [6.07, 6.45) is 4.62. The Morgan fingerprint density at radius 1 is 1.08 bits per heavy atom. The molecule has 0 aliphatic carbocycles. The Balaban J connectivity index is 1.46. The maximum atomic E-state index is 6.18. The minimum absolute atomic E-state index is 0.637. The van der Waals surface area contributed by atoms with E-state index in [1.165, 1.54) is 5.56 Å². The number of benzene rings is 2. The number of rotatable bonds is 6. The zero-order chi connectivity index (χ0) is 18.2. The SMILES string of the molecule is CN=C(NCCc1ccc(-n2cccn2)cc1)NCc1ccccc1Cl. The highest BCUT2D eigenvalue weighted by Gasteiger charge is 2.02. The molecule has 0 atom stereocenters. The van der Waals surface area contributed by atoms with Gasteiger partial charge in [-0.2, -0.15) is 5.10 Å². The van der Waals surface area contributed by atoms with E-state index in [1.54, 1.807) is 13.2 Å². The van der Waals surface area contributed by atoms with Crippen molar-refractivity contribution in [1.29, 1.82) is 0 Å². The first-order valence-electron chi connectivity index (χ1n) is 8.53. The summed E-state index contributed by atoms with van der Waals surface area (Å²) in [5, 5.41) is 11.6. The third-order valence-electron chi connectivity index (χ3n) is 4.04. The molecular weight excluding hydrogens is 346 g/mol. The van der Waals surface area contributed by atoms with E-state index in [1.807, 2.05) is 41.2 Å². The second-order valence-corrected chi connectivity index (χ2v) is 6.22. The Kier molecular flexibility index (Phi) is 6.28. The quantitative estimate of drug-likeness (QED) is 0.518. The Bertz CT molecular complexity index is 841. The zero-order valence-corrected chi connectivity index (χ0v) is 15.4. The average Bonchev–Trinajstić information content (AvgIpc) is 3.21. The lowest BCUT2D eigenvalue weighted by atomic mass is 10.1. The number of aliphatic imine (C=N–C) groups is 1. The number of nitrogens with one attached hydrogen (secondary N) is 2. The van der Waals surface area contributed by atoms with Crippen LogP contribution in [-0.2, 0) is 13.0 Å². The normalized spacial score (nSPS) is 11.4. The largest absolute Gasteiger partial charge is 0.356 e. The van der Waals surface area contributed by atoms with E-state index in [-0.39, 0.29) is 0 Å². The fraction of sp³-hybridized carbons (Fsp3) is 0.200. The molecule has 5 nitrogen and oxygen atoms in total. The number of halogens is 1. The first kappa shape index (κ1) is 18.0. The molecule has 134 valence electrons. The van der Waals surface area contributed by atoms with E-state index < -0.39 is 0 Å². The molecule has 0 radical (unpaired) electrons. The Labute approximate surface area is 158 Å². The molecule has 3 aromatic rings. The van der Waals surface area contributed by atoms with Gasteiger partial charge >= 0.3 is 0 Å². The molecule has 3 rings (SSSR count). The molecule has 0 aliphatic heterocycles. The van der Waals surface area contributed by atoms with Crippen LogP contribution >= 0.6 is 11.6 Å². The van der Waals surface area contributed by atoms with Crippen molar-refractivity contribution in [2.45, 2.75) is 13.0 Å². The second kappa shape index (κ2) is 9.06. The van der Waals surface area contributed by atoms with Gasteiger partial charge in [-0.25, -0.2) is 4.68 Å². The van der Waals surface area contributed by atoms with E-state index in [0.717, 1.165) is 35.2 Å². The number of guanidine groups is 1. The van der Waals surface area contributed by atoms with Gasteiger partial charge < -0.3 is 10.6 Å². The molecule has 0 aliphatic rings. The van der Waals surface area contributed by atoms with E-state index in [2.05, 4.69) is 45.0 Å². The van der Waals surface area contributed by atoms with Crippen molar-refractivity contribution >= 4 is 17.6 Å². The second-order valence-electron chi connectivity index (χ2n) is 5.81. The summed E-state index contributed by atoms with van der Waals surface area (Å²) >= 11 is 6.18. The number of aromatic nitrogens is 2. The fourth-order valence-corrected chi connectivity index (χ4v) is 2.81. The summed E-state index contributed by atoms with van der Waals surface area (Å²) in [4.78, 5) is 4.25. The van der Waals surface area contributed by atoms with Crippen LogP contribution in [0.1, 0.15) is 11.1 Å². The van der Waals surface area contributed by atoms with Crippen LogP contribution in [0.2, 0.25) is 5.02 Å². The summed E-state index contributed by atoms with van der Waals surface area (Å²) in [5.41, 5.74) is 3.37. The predicted molar refractivity (Wildman–Crippen MR) is 107 cm³/mol. The lowest BCUT2D eigenvalue weighted by Gasteiger charge is -2.13. The van der Waals surface area contributed by atoms with Gasteiger partial charge in [-0.05, 0) is 41.8 Å². The van der Waals surface area contributed by atoms with Gasteiger partial charge in [-0.3, -0.25) is 4.99 Å². The summed E-state index contributed by atoms with van der Waals surface area (Å²) in [7, 11) is 1.76. The minimum atomic E-state index is 0.637. The van der Waals surface area contributed by atoms with Crippen LogP contribution in [-0.4, -0.2) is 29.3 Å². The first-order valence-corrected chi connectivity index (χ1v) is 8.91. The van der Waals surface area contributed by atoms with Crippen molar-refractivity contribution < 1.29 is 0 Å². The number of nitrogens with zero attached hydrogens (tertiary/aromatic N) is 3. The molecule has 1 aromatic heterocycles. The van der Waals surface area contributed by atoms with Crippen LogP contribution in [0.25, 0.3) is 5.69 Å². The van der Waals surface area contributed by atoms with Crippen molar-refractivity contribution in [3.8, 4) is 5.69 Å². The first-order chi connectivity index (χ1) is 12.8. The lowest BCUT2D eigenvalue weighted by Crippen LogP contribution is -2.37. The molecule has 2 aromatic carbocycles. The predicted octanol–water partition coefficient (Wildman–Crippen LogP) is 3.43. The van der Waals surface area contributed by atoms with Gasteiger partial charge in [0.15, 0.2) is 5.96 Å². The van der Waals surface area contributed by atoms with E-state index in [9.17, 15) is 0 Å². The maximum absolute atomic E-state index is 6.18. The smallest absolute Gasteiger partial charge is 0.191 e. The van der Waals surface area contributed by atoms with Crippen LogP contribution in [0.3, 0.4) is 0 Å². The topological polar surface area (TPSA) is 54.2 Å². The van der Waals surface area contributed by atoms with Gasteiger partial charge in [0.1, 0.15) is 0 Å². The molecule has 2 N–H and O–H groups in total. The highest BCUT2D eigenvalue weighted by molar-refractivity contribution is 6.31. The Morgan fingerprint density at radius 2 is 1.88 bits per heavy atom. The monoisotopic (exact) mass is 367 g/mol. The van der Waals surface area contributed by atoms with Crippen LogP contribution in [0.4, 0.5) is 0 Å². The number of hydrogen-bond donors (Lipinski definition) is 2. The molecule has 1 heterocycles. The lowest BCUT2D eigenvalue weighted by molar-refractivity contribution is 0.794. The van der Waals surface area contributed by atoms with Gasteiger partial charge in [0.05, 0.1) is 5.69 Å². The molecule has 26 heavy (non-hydrogen) atoms. The van der Waals surface area contributed by atoms with E-state index in [0.29, 0.717) is 6.54 Å². The van der Waals surface area contributed by atoms with Crippen molar-refractivity contribution in [2.75, 3.05) is 13.6 Å². The minimum Gasteiger partial charge on any atom is -0.356 e. The third-order valence-corrected chi connectivity index (χ3v) is 4.41. The highest BCUT2D eigenvalue weighted by Crippen LogP contribution is 2.14.